The van der Waals surface area contributed by atoms with Crippen molar-refractivity contribution in [1.82, 2.24) is 4.57 Å². The number of benzene rings is 4. The molecule has 0 spiro atoms. The van der Waals surface area contributed by atoms with Crippen LogP contribution in [0.15, 0.2) is 100 Å². The predicted molar refractivity (Wildman–Crippen MR) is 156 cm³/mol. The largest absolute Gasteiger partial charge is 0.341 e. The molecule has 0 aliphatic carbocycles. The summed E-state index contributed by atoms with van der Waals surface area (Å²) in [5, 5.41) is 7.56. The first-order valence-corrected chi connectivity index (χ1v) is 13.0. The number of halogens is 2. The van der Waals surface area contributed by atoms with Crippen molar-refractivity contribution in [1.29, 1.82) is 0 Å². The molecule has 1 heterocycles. The number of aryl methyl sites for hydroxylation is 2. The number of fused-ring (bicyclic) bond motifs is 1. The van der Waals surface area contributed by atoms with Crippen LogP contribution >= 0.6 is 31.9 Å². The van der Waals surface area contributed by atoms with Crippen LogP contribution in [0.4, 0.5) is 0 Å². The first kappa shape index (κ1) is 22.9. The molecule has 168 valence electrons. The number of hydrogen-bond donors (Lipinski definition) is 0. The minimum absolute atomic E-state index is 0.924. The molecule has 1 nitrogen and oxygen atoms in total. The van der Waals surface area contributed by atoms with Crippen molar-refractivity contribution in [3.63, 3.8) is 0 Å². The van der Waals surface area contributed by atoms with Gasteiger partial charge in [-0.3, -0.25) is 0 Å². The average molecular weight is 571 g/mol. The molecule has 3 heteroatoms. The topological polar surface area (TPSA) is 4.93 Å². The number of nitrogens with zero attached hydrogens (tertiary/aromatic N) is 1. The molecule has 5 aromatic rings. The summed E-state index contributed by atoms with van der Waals surface area (Å²) in [5.74, 6) is 0. The van der Waals surface area contributed by atoms with Crippen molar-refractivity contribution in [2.24, 2.45) is 0 Å². The lowest BCUT2D eigenvalue weighted by atomic mass is 9.95. The smallest absolute Gasteiger partial charge is 0.0498 e. The Balaban J connectivity index is 1.49. The van der Waals surface area contributed by atoms with Gasteiger partial charge in [-0.05, 0) is 71.0 Å². The normalized spacial score (nSPS) is 12.9. The fourth-order valence-corrected chi connectivity index (χ4v) is 5.80. The highest BCUT2D eigenvalue weighted by Gasteiger charge is 2.12. The zero-order chi connectivity index (χ0) is 23.8. The number of aromatic nitrogens is 1. The highest BCUT2D eigenvalue weighted by molar-refractivity contribution is 9.11. The molecule has 0 atom stereocenters. The highest BCUT2D eigenvalue weighted by atomic mass is 79.9. The molecule has 1 aromatic heterocycles. The highest BCUT2D eigenvalue weighted by Crippen LogP contribution is 2.33. The maximum absolute atomic E-state index is 4.34. The van der Waals surface area contributed by atoms with Gasteiger partial charge in [-0.2, -0.15) is 0 Å². The second-order valence-corrected chi connectivity index (χ2v) is 10.2. The molecule has 5 rings (SSSR count). The fourth-order valence-electron chi connectivity index (χ4n) is 4.87. The Labute approximate surface area is 217 Å². The summed E-state index contributed by atoms with van der Waals surface area (Å²) in [6.07, 6.45) is 10.6. The van der Waals surface area contributed by atoms with E-state index in [1.165, 1.54) is 48.9 Å². The molecule has 0 saturated carbocycles. The van der Waals surface area contributed by atoms with E-state index in [4.69, 9.17) is 0 Å². The first-order chi connectivity index (χ1) is 16.5. The van der Waals surface area contributed by atoms with Crippen LogP contribution in [-0.2, 0) is 6.54 Å². The summed E-state index contributed by atoms with van der Waals surface area (Å²) in [6, 6.07) is 21.5. The lowest BCUT2D eigenvalue weighted by molar-refractivity contribution is 0.777. The van der Waals surface area contributed by atoms with Gasteiger partial charge in [0, 0.05) is 37.1 Å². The standard InChI is InChI=1S/C31H25Br2N/c1-4-34-28(25-14-9-13-24-27(33)18-19-29(34)31(24)25)15-7-5-6-10-20(2)22-11-8-12-23-26(32)17-16-21(3)30(22)23/h5-19H,2,4H2,1,3H3/b7-5+,10-6+,28-15-. The van der Waals surface area contributed by atoms with Crippen LogP contribution in [0.2, 0.25) is 0 Å². The van der Waals surface area contributed by atoms with E-state index >= 15 is 0 Å². The summed E-state index contributed by atoms with van der Waals surface area (Å²) in [6.45, 7) is 9.62. The van der Waals surface area contributed by atoms with E-state index in [1.54, 1.807) is 0 Å². The Morgan fingerprint density at radius 1 is 0.824 bits per heavy atom. The molecule has 0 N–H and O–H groups in total. The molecule has 4 aromatic carbocycles. The van der Waals surface area contributed by atoms with Crippen LogP contribution in [0.25, 0.3) is 44.1 Å². The lowest BCUT2D eigenvalue weighted by Crippen LogP contribution is -2.14. The van der Waals surface area contributed by atoms with Crippen molar-refractivity contribution < 1.29 is 0 Å². The van der Waals surface area contributed by atoms with Gasteiger partial charge in [-0.25, -0.2) is 0 Å². The van der Waals surface area contributed by atoms with Crippen molar-refractivity contribution in [3.05, 3.63) is 117 Å². The monoisotopic (exact) mass is 569 g/mol. The van der Waals surface area contributed by atoms with Gasteiger partial charge in [0.1, 0.15) is 0 Å². The van der Waals surface area contributed by atoms with Gasteiger partial charge in [0.25, 0.3) is 0 Å². The zero-order valence-corrected chi connectivity index (χ0v) is 22.4. The zero-order valence-electron chi connectivity index (χ0n) is 19.3. The number of rotatable bonds is 5. The Kier molecular flexibility index (Phi) is 6.33. The van der Waals surface area contributed by atoms with E-state index in [0.717, 1.165) is 21.1 Å². The van der Waals surface area contributed by atoms with E-state index in [9.17, 15) is 0 Å². The van der Waals surface area contributed by atoms with Gasteiger partial charge in [0.2, 0.25) is 0 Å². The van der Waals surface area contributed by atoms with Gasteiger partial charge in [-0.15, -0.1) is 0 Å². The van der Waals surface area contributed by atoms with Crippen LogP contribution in [0, 0.1) is 6.92 Å². The summed E-state index contributed by atoms with van der Waals surface area (Å²) in [5.41, 5.74) is 4.70. The minimum atomic E-state index is 0.924. The van der Waals surface area contributed by atoms with E-state index in [0.29, 0.717) is 0 Å². The predicted octanol–water partition coefficient (Wildman–Crippen LogP) is 9.13. The molecule has 0 aliphatic heterocycles. The minimum Gasteiger partial charge on any atom is -0.341 e. The SMILES string of the molecule is C=C(/C=C/C=C/C=c1/c2cccc3c(Br)ccc(c32)n1CC)c1cccc2c(Br)ccc(C)c12. The molecule has 0 amide bonds. The van der Waals surface area contributed by atoms with Gasteiger partial charge in [-0.1, -0.05) is 105 Å². The van der Waals surface area contributed by atoms with E-state index in [2.05, 4.69) is 148 Å². The maximum atomic E-state index is 4.34. The molecule has 0 unspecified atom stereocenters. The van der Waals surface area contributed by atoms with Crippen LogP contribution in [0.1, 0.15) is 18.1 Å². The number of hydrogen-bond acceptors (Lipinski definition) is 0. The Morgan fingerprint density at radius 3 is 2.26 bits per heavy atom. The molecule has 0 bridgehead atoms. The fraction of sp³-hybridized carbons (Fsp3) is 0.0968. The second kappa shape index (κ2) is 9.40. The van der Waals surface area contributed by atoms with E-state index in [-0.39, 0.29) is 0 Å². The Morgan fingerprint density at radius 2 is 1.50 bits per heavy atom. The Hall–Kier alpha value is -2.88. The second-order valence-electron chi connectivity index (χ2n) is 8.45. The third kappa shape index (κ3) is 3.87. The maximum Gasteiger partial charge on any atom is 0.0498 e. The third-order valence-corrected chi connectivity index (χ3v) is 7.84. The van der Waals surface area contributed by atoms with Crippen molar-refractivity contribution in [2.75, 3.05) is 0 Å². The average Bonchev–Trinajstić information content (AvgIpc) is 3.16. The summed E-state index contributed by atoms with van der Waals surface area (Å²) in [4.78, 5) is 0. The van der Waals surface area contributed by atoms with Gasteiger partial charge < -0.3 is 4.57 Å². The first-order valence-electron chi connectivity index (χ1n) is 11.4. The summed E-state index contributed by atoms with van der Waals surface area (Å²) < 4.78 is 4.63. The van der Waals surface area contributed by atoms with Crippen LogP contribution < -0.4 is 5.35 Å². The summed E-state index contributed by atoms with van der Waals surface area (Å²) >= 11 is 7.40. The summed E-state index contributed by atoms with van der Waals surface area (Å²) in [7, 11) is 0. The lowest BCUT2D eigenvalue weighted by Gasteiger charge is -2.10. The van der Waals surface area contributed by atoms with Crippen LogP contribution in [0.3, 0.4) is 0 Å². The van der Waals surface area contributed by atoms with Crippen LogP contribution in [0.5, 0.6) is 0 Å². The molecule has 0 aliphatic rings. The molecule has 0 saturated heterocycles. The van der Waals surface area contributed by atoms with Crippen molar-refractivity contribution in [2.45, 2.75) is 20.4 Å². The van der Waals surface area contributed by atoms with Gasteiger partial charge in [0.05, 0.1) is 0 Å². The Bertz CT molecular complexity index is 1680. The third-order valence-electron chi connectivity index (χ3n) is 6.45. The van der Waals surface area contributed by atoms with Gasteiger partial charge in [0.15, 0.2) is 0 Å². The van der Waals surface area contributed by atoms with E-state index < -0.39 is 0 Å². The van der Waals surface area contributed by atoms with E-state index in [1.807, 2.05) is 0 Å². The molecule has 34 heavy (non-hydrogen) atoms. The molecular formula is C31H25Br2N. The van der Waals surface area contributed by atoms with Gasteiger partial charge >= 0.3 is 0 Å². The van der Waals surface area contributed by atoms with Crippen molar-refractivity contribution >= 4 is 76.0 Å². The van der Waals surface area contributed by atoms with Crippen LogP contribution in [-0.4, -0.2) is 4.57 Å². The quantitative estimate of drug-likeness (QED) is 0.186. The number of allylic oxidation sites excluding steroid dienone is 5. The molecular weight excluding hydrogens is 546 g/mol. The molecule has 0 radical (unpaired) electrons. The molecule has 0 fully saturated rings. The van der Waals surface area contributed by atoms with Crippen molar-refractivity contribution in [3.8, 4) is 0 Å².